The number of benzene rings is 1. The van der Waals surface area contributed by atoms with Crippen molar-refractivity contribution in [3.8, 4) is 0 Å². The average Bonchev–Trinajstić information content (AvgIpc) is 2.95. The zero-order valence-electron chi connectivity index (χ0n) is 12.4. The molecule has 1 aliphatic heterocycles. The molecule has 3 heteroatoms. The van der Waals surface area contributed by atoms with Crippen LogP contribution in [0.15, 0.2) is 30.5 Å². The normalized spacial score (nSPS) is 18.4. The maximum atomic E-state index is 3.60. The van der Waals surface area contributed by atoms with Gasteiger partial charge >= 0.3 is 0 Å². The summed E-state index contributed by atoms with van der Waals surface area (Å²) in [4.78, 5) is 5.89. The van der Waals surface area contributed by atoms with Crippen molar-refractivity contribution >= 4 is 10.9 Å². The lowest BCUT2D eigenvalue weighted by Crippen LogP contribution is -2.42. The molecule has 1 unspecified atom stereocenters. The molecule has 108 valence electrons. The third-order valence-electron chi connectivity index (χ3n) is 4.40. The van der Waals surface area contributed by atoms with Crippen molar-refractivity contribution in [2.75, 3.05) is 19.6 Å². The van der Waals surface area contributed by atoms with E-state index in [9.17, 15) is 0 Å². The van der Waals surface area contributed by atoms with Crippen LogP contribution in [0.25, 0.3) is 10.9 Å². The van der Waals surface area contributed by atoms with Gasteiger partial charge in [-0.3, -0.25) is 4.90 Å². The summed E-state index contributed by atoms with van der Waals surface area (Å²) in [6, 6.07) is 9.41. The smallest absolute Gasteiger partial charge is 0.0457 e. The molecule has 3 nitrogen and oxygen atoms in total. The molecule has 0 saturated carbocycles. The molecule has 2 aromatic rings. The second-order valence-electron chi connectivity index (χ2n) is 5.98. The third-order valence-corrected chi connectivity index (χ3v) is 4.40. The SMILES string of the molecule is CC(CNCc1ccc2cc[nH]c2c1)N1CCCCC1. The van der Waals surface area contributed by atoms with Gasteiger partial charge in [0.2, 0.25) is 0 Å². The van der Waals surface area contributed by atoms with E-state index in [2.05, 4.69) is 46.4 Å². The lowest BCUT2D eigenvalue weighted by molar-refractivity contribution is 0.170. The molecule has 1 saturated heterocycles. The summed E-state index contributed by atoms with van der Waals surface area (Å²) < 4.78 is 0. The highest BCUT2D eigenvalue weighted by molar-refractivity contribution is 5.79. The Bertz CT molecular complexity index is 540. The van der Waals surface area contributed by atoms with Crippen LogP contribution in [0.5, 0.6) is 0 Å². The fourth-order valence-corrected chi connectivity index (χ4v) is 3.12. The van der Waals surface area contributed by atoms with Crippen LogP contribution in [0, 0.1) is 0 Å². The number of rotatable bonds is 5. The molecule has 0 amide bonds. The van der Waals surface area contributed by atoms with Gasteiger partial charge in [0, 0.05) is 30.8 Å². The van der Waals surface area contributed by atoms with Crippen LogP contribution in [0.1, 0.15) is 31.7 Å². The van der Waals surface area contributed by atoms with Crippen molar-refractivity contribution in [2.45, 2.75) is 38.8 Å². The quantitative estimate of drug-likeness (QED) is 0.875. The molecule has 0 bridgehead atoms. The van der Waals surface area contributed by atoms with Crippen molar-refractivity contribution in [3.05, 3.63) is 36.0 Å². The largest absolute Gasteiger partial charge is 0.361 e. The Morgan fingerprint density at radius 2 is 2.05 bits per heavy atom. The number of nitrogens with zero attached hydrogens (tertiary/aromatic N) is 1. The average molecular weight is 271 g/mol. The fourth-order valence-electron chi connectivity index (χ4n) is 3.12. The standard InChI is InChI=1S/C17H25N3/c1-14(20-9-3-2-4-10-20)12-18-13-15-5-6-16-7-8-19-17(16)11-15/h5-8,11,14,18-19H,2-4,9-10,12-13H2,1H3. The van der Waals surface area contributed by atoms with E-state index in [1.54, 1.807) is 0 Å². The highest BCUT2D eigenvalue weighted by Crippen LogP contribution is 2.14. The molecule has 2 heterocycles. The molecular formula is C17H25N3. The Hall–Kier alpha value is -1.32. The van der Waals surface area contributed by atoms with Gasteiger partial charge in [0.15, 0.2) is 0 Å². The summed E-state index contributed by atoms with van der Waals surface area (Å²) in [5.41, 5.74) is 2.58. The minimum absolute atomic E-state index is 0.643. The van der Waals surface area contributed by atoms with Crippen LogP contribution in [0.3, 0.4) is 0 Å². The van der Waals surface area contributed by atoms with Gasteiger partial charge in [-0.25, -0.2) is 0 Å². The zero-order chi connectivity index (χ0) is 13.8. The molecule has 1 fully saturated rings. The molecule has 1 aromatic heterocycles. The molecule has 1 aliphatic rings. The Morgan fingerprint density at radius 3 is 2.90 bits per heavy atom. The predicted octanol–water partition coefficient (Wildman–Crippen LogP) is 3.13. The van der Waals surface area contributed by atoms with Crippen LogP contribution in [0.4, 0.5) is 0 Å². The zero-order valence-corrected chi connectivity index (χ0v) is 12.4. The highest BCUT2D eigenvalue weighted by Gasteiger charge is 2.15. The van der Waals surface area contributed by atoms with E-state index in [-0.39, 0.29) is 0 Å². The Morgan fingerprint density at radius 1 is 1.20 bits per heavy atom. The van der Waals surface area contributed by atoms with Crippen molar-refractivity contribution in [1.82, 2.24) is 15.2 Å². The van der Waals surface area contributed by atoms with Gasteiger partial charge in [-0.15, -0.1) is 0 Å². The minimum Gasteiger partial charge on any atom is -0.361 e. The van der Waals surface area contributed by atoms with E-state index in [1.165, 1.54) is 48.8 Å². The summed E-state index contributed by atoms with van der Waals surface area (Å²) in [5.74, 6) is 0. The number of likely N-dealkylation sites (tertiary alicyclic amines) is 1. The molecule has 2 N–H and O–H groups in total. The minimum atomic E-state index is 0.643. The topological polar surface area (TPSA) is 31.1 Å². The molecule has 0 spiro atoms. The molecule has 0 aliphatic carbocycles. The summed E-state index contributed by atoms with van der Waals surface area (Å²) in [5, 5.41) is 4.89. The predicted molar refractivity (Wildman–Crippen MR) is 84.9 cm³/mol. The molecule has 1 aromatic carbocycles. The first-order chi connectivity index (χ1) is 9.83. The number of piperidine rings is 1. The number of H-pyrrole nitrogens is 1. The summed E-state index contributed by atoms with van der Waals surface area (Å²) in [6.07, 6.45) is 6.15. The lowest BCUT2D eigenvalue weighted by atomic mass is 10.1. The first-order valence-corrected chi connectivity index (χ1v) is 7.84. The summed E-state index contributed by atoms with van der Waals surface area (Å²) in [7, 11) is 0. The number of hydrogen-bond donors (Lipinski definition) is 2. The van der Waals surface area contributed by atoms with Crippen molar-refractivity contribution < 1.29 is 0 Å². The van der Waals surface area contributed by atoms with Gasteiger partial charge in [0.25, 0.3) is 0 Å². The van der Waals surface area contributed by atoms with E-state index < -0.39 is 0 Å². The van der Waals surface area contributed by atoms with E-state index >= 15 is 0 Å². The van der Waals surface area contributed by atoms with Gasteiger partial charge in [-0.2, -0.15) is 0 Å². The molecular weight excluding hydrogens is 246 g/mol. The van der Waals surface area contributed by atoms with Crippen molar-refractivity contribution in [1.29, 1.82) is 0 Å². The van der Waals surface area contributed by atoms with Crippen LogP contribution >= 0.6 is 0 Å². The first kappa shape index (κ1) is 13.7. The lowest BCUT2D eigenvalue weighted by Gasteiger charge is -2.32. The van der Waals surface area contributed by atoms with Gasteiger partial charge in [0.1, 0.15) is 0 Å². The van der Waals surface area contributed by atoms with Gasteiger partial charge in [-0.1, -0.05) is 18.6 Å². The van der Waals surface area contributed by atoms with Gasteiger partial charge in [0.05, 0.1) is 0 Å². The molecule has 20 heavy (non-hydrogen) atoms. The summed E-state index contributed by atoms with van der Waals surface area (Å²) >= 11 is 0. The monoisotopic (exact) mass is 271 g/mol. The molecule has 3 rings (SSSR count). The van der Waals surface area contributed by atoms with Gasteiger partial charge < -0.3 is 10.3 Å². The van der Waals surface area contributed by atoms with E-state index in [0.29, 0.717) is 6.04 Å². The van der Waals surface area contributed by atoms with Crippen LogP contribution < -0.4 is 5.32 Å². The second-order valence-corrected chi connectivity index (χ2v) is 5.98. The third kappa shape index (κ3) is 3.22. The number of hydrogen-bond acceptors (Lipinski definition) is 2. The van der Waals surface area contributed by atoms with E-state index in [0.717, 1.165) is 13.1 Å². The maximum Gasteiger partial charge on any atom is 0.0457 e. The Labute approximate surface area is 121 Å². The van der Waals surface area contributed by atoms with Crippen molar-refractivity contribution in [3.63, 3.8) is 0 Å². The van der Waals surface area contributed by atoms with Crippen molar-refractivity contribution in [2.24, 2.45) is 0 Å². The number of fused-ring (bicyclic) bond motifs is 1. The number of aromatic amines is 1. The van der Waals surface area contributed by atoms with E-state index in [1.807, 2.05) is 6.20 Å². The van der Waals surface area contributed by atoms with E-state index in [4.69, 9.17) is 0 Å². The van der Waals surface area contributed by atoms with Crippen LogP contribution in [0.2, 0.25) is 0 Å². The second kappa shape index (κ2) is 6.42. The first-order valence-electron chi connectivity index (χ1n) is 7.84. The molecule has 0 radical (unpaired) electrons. The Balaban J connectivity index is 1.48. The maximum absolute atomic E-state index is 3.60. The Kier molecular flexibility index (Phi) is 4.38. The summed E-state index contributed by atoms with van der Waals surface area (Å²) in [6.45, 7) is 6.91. The van der Waals surface area contributed by atoms with Gasteiger partial charge in [-0.05, 0) is 55.9 Å². The number of aromatic nitrogens is 1. The van der Waals surface area contributed by atoms with Crippen LogP contribution in [-0.4, -0.2) is 35.6 Å². The number of nitrogens with one attached hydrogen (secondary N) is 2. The molecule has 1 atom stereocenters. The highest BCUT2D eigenvalue weighted by atomic mass is 15.2. The fraction of sp³-hybridized carbons (Fsp3) is 0.529. The van der Waals surface area contributed by atoms with Crippen LogP contribution in [-0.2, 0) is 6.54 Å².